The fourth-order valence-electron chi connectivity index (χ4n) is 1.24. The monoisotopic (exact) mass is 175 g/mol. The van der Waals surface area contributed by atoms with Gasteiger partial charge in [0.25, 0.3) is 0 Å². The molecular formula is C9H21NS. The van der Waals surface area contributed by atoms with Gasteiger partial charge in [-0.05, 0) is 32.4 Å². The van der Waals surface area contributed by atoms with Gasteiger partial charge in [0.1, 0.15) is 0 Å². The topological polar surface area (TPSA) is 3.24 Å². The van der Waals surface area contributed by atoms with Gasteiger partial charge in [-0.3, -0.25) is 4.90 Å². The van der Waals surface area contributed by atoms with E-state index in [1.54, 1.807) is 0 Å². The Hall–Kier alpha value is 0.310. The molecule has 11 heavy (non-hydrogen) atoms. The van der Waals surface area contributed by atoms with E-state index in [2.05, 4.69) is 38.3 Å². The third-order valence-electron chi connectivity index (χ3n) is 1.81. The molecule has 0 aliphatic rings. The van der Waals surface area contributed by atoms with Crippen molar-refractivity contribution < 1.29 is 0 Å². The number of thiol groups is 1. The maximum atomic E-state index is 4.52. The van der Waals surface area contributed by atoms with E-state index < -0.39 is 0 Å². The summed E-state index contributed by atoms with van der Waals surface area (Å²) in [5, 5.41) is 0.467. The van der Waals surface area contributed by atoms with Crippen LogP contribution >= 0.6 is 12.6 Å². The van der Waals surface area contributed by atoms with Crippen molar-refractivity contribution >= 4 is 12.6 Å². The van der Waals surface area contributed by atoms with Crippen LogP contribution in [0.25, 0.3) is 0 Å². The molecule has 0 aromatic carbocycles. The zero-order valence-corrected chi connectivity index (χ0v) is 8.90. The molecule has 0 amide bonds. The zero-order chi connectivity index (χ0) is 8.69. The maximum absolute atomic E-state index is 4.52. The lowest BCUT2D eigenvalue weighted by molar-refractivity contribution is 0.254. The molecular weight excluding hydrogens is 154 g/mol. The summed E-state index contributed by atoms with van der Waals surface area (Å²) in [6.07, 6.45) is 3.61. The molecule has 0 aromatic rings. The van der Waals surface area contributed by atoms with Gasteiger partial charge in [-0.1, -0.05) is 20.8 Å². The minimum Gasteiger partial charge on any atom is -0.292 e. The third kappa shape index (κ3) is 4.70. The largest absolute Gasteiger partial charge is 0.292 e. The summed E-state index contributed by atoms with van der Waals surface area (Å²) < 4.78 is 0. The van der Waals surface area contributed by atoms with Crippen molar-refractivity contribution in [1.82, 2.24) is 4.90 Å². The molecule has 0 heterocycles. The van der Waals surface area contributed by atoms with E-state index in [9.17, 15) is 0 Å². The number of hydrogen-bond donors (Lipinski definition) is 1. The van der Waals surface area contributed by atoms with Crippen LogP contribution in [0.4, 0.5) is 0 Å². The summed E-state index contributed by atoms with van der Waals surface area (Å²) in [6.45, 7) is 9.01. The predicted molar refractivity (Wildman–Crippen MR) is 55.2 cm³/mol. The van der Waals surface area contributed by atoms with Crippen molar-refractivity contribution in [3.8, 4) is 0 Å². The van der Waals surface area contributed by atoms with Crippen LogP contribution < -0.4 is 0 Å². The standard InChI is InChI=1S/C9H21NS/c1-4-7-10(8-5-2)9(11)6-3/h9,11H,4-8H2,1-3H3. The minimum atomic E-state index is 0.467. The molecule has 0 N–H and O–H groups in total. The van der Waals surface area contributed by atoms with E-state index in [-0.39, 0.29) is 0 Å². The lowest BCUT2D eigenvalue weighted by atomic mass is 10.3. The number of rotatable bonds is 6. The van der Waals surface area contributed by atoms with Crippen molar-refractivity contribution in [2.45, 2.75) is 45.4 Å². The highest BCUT2D eigenvalue weighted by atomic mass is 32.1. The van der Waals surface area contributed by atoms with E-state index in [1.807, 2.05) is 0 Å². The highest BCUT2D eigenvalue weighted by Gasteiger charge is 2.09. The summed E-state index contributed by atoms with van der Waals surface area (Å²) in [6, 6.07) is 0. The van der Waals surface area contributed by atoms with Crippen molar-refractivity contribution in [3.05, 3.63) is 0 Å². The van der Waals surface area contributed by atoms with E-state index >= 15 is 0 Å². The van der Waals surface area contributed by atoms with Gasteiger partial charge < -0.3 is 0 Å². The summed E-state index contributed by atoms with van der Waals surface area (Å²) in [4.78, 5) is 2.45. The zero-order valence-electron chi connectivity index (χ0n) is 8.01. The molecule has 0 bridgehead atoms. The molecule has 0 saturated carbocycles. The van der Waals surface area contributed by atoms with Gasteiger partial charge in [-0.2, -0.15) is 12.6 Å². The van der Waals surface area contributed by atoms with E-state index in [0.717, 1.165) is 6.42 Å². The first-order valence-corrected chi connectivity index (χ1v) is 5.19. The molecule has 0 aliphatic carbocycles. The maximum Gasteiger partial charge on any atom is 0.0524 e. The van der Waals surface area contributed by atoms with Gasteiger partial charge in [0.05, 0.1) is 5.37 Å². The lowest BCUT2D eigenvalue weighted by Crippen LogP contribution is -2.32. The molecule has 0 radical (unpaired) electrons. The van der Waals surface area contributed by atoms with E-state index in [1.165, 1.54) is 25.9 Å². The minimum absolute atomic E-state index is 0.467. The second-order valence-electron chi connectivity index (χ2n) is 2.92. The lowest BCUT2D eigenvalue weighted by Gasteiger charge is -2.26. The Morgan fingerprint density at radius 1 is 1.09 bits per heavy atom. The second kappa shape index (κ2) is 6.99. The Bertz CT molecular complexity index is 79.6. The fraction of sp³-hybridized carbons (Fsp3) is 1.00. The number of hydrogen-bond acceptors (Lipinski definition) is 2. The first kappa shape index (κ1) is 11.3. The van der Waals surface area contributed by atoms with Crippen molar-refractivity contribution in [1.29, 1.82) is 0 Å². The molecule has 0 fully saturated rings. The molecule has 1 nitrogen and oxygen atoms in total. The summed E-state index contributed by atoms with van der Waals surface area (Å²) in [7, 11) is 0. The van der Waals surface area contributed by atoms with Crippen molar-refractivity contribution in [2.24, 2.45) is 0 Å². The molecule has 1 unspecified atom stereocenters. The van der Waals surface area contributed by atoms with E-state index in [4.69, 9.17) is 0 Å². The molecule has 68 valence electrons. The predicted octanol–water partition coefficient (Wildman–Crippen LogP) is 2.77. The Balaban J connectivity index is 3.66. The Kier molecular flexibility index (Phi) is 7.18. The third-order valence-corrected chi connectivity index (χ3v) is 2.50. The van der Waals surface area contributed by atoms with Crippen molar-refractivity contribution in [3.63, 3.8) is 0 Å². The van der Waals surface area contributed by atoms with Gasteiger partial charge in [0.2, 0.25) is 0 Å². The molecule has 0 rings (SSSR count). The summed E-state index contributed by atoms with van der Waals surface area (Å²) in [5.74, 6) is 0. The molecule has 1 atom stereocenters. The average Bonchev–Trinajstić information content (AvgIpc) is 2.03. The summed E-state index contributed by atoms with van der Waals surface area (Å²) >= 11 is 4.52. The van der Waals surface area contributed by atoms with Crippen molar-refractivity contribution in [2.75, 3.05) is 13.1 Å². The Labute approximate surface area is 76.6 Å². The Morgan fingerprint density at radius 2 is 1.55 bits per heavy atom. The van der Waals surface area contributed by atoms with Gasteiger partial charge in [-0.15, -0.1) is 0 Å². The highest BCUT2D eigenvalue weighted by molar-refractivity contribution is 7.80. The van der Waals surface area contributed by atoms with Crippen LogP contribution in [0.3, 0.4) is 0 Å². The molecule has 0 aliphatic heterocycles. The molecule has 0 saturated heterocycles. The van der Waals surface area contributed by atoms with Crippen LogP contribution in [0.1, 0.15) is 40.0 Å². The number of nitrogens with zero attached hydrogens (tertiary/aromatic N) is 1. The van der Waals surface area contributed by atoms with Crippen LogP contribution in [-0.2, 0) is 0 Å². The SMILES string of the molecule is CCCN(CCC)C(S)CC. The van der Waals surface area contributed by atoms with Crippen LogP contribution in [0.2, 0.25) is 0 Å². The Morgan fingerprint density at radius 3 is 1.82 bits per heavy atom. The summed E-state index contributed by atoms with van der Waals surface area (Å²) in [5.41, 5.74) is 0. The van der Waals surface area contributed by atoms with Gasteiger partial charge in [0, 0.05) is 0 Å². The van der Waals surface area contributed by atoms with Crippen LogP contribution in [0, 0.1) is 0 Å². The van der Waals surface area contributed by atoms with Gasteiger partial charge in [0.15, 0.2) is 0 Å². The second-order valence-corrected chi connectivity index (χ2v) is 3.52. The van der Waals surface area contributed by atoms with Crippen LogP contribution in [-0.4, -0.2) is 23.4 Å². The normalized spacial score (nSPS) is 13.9. The first-order chi connectivity index (χ1) is 5.26. The van der Waals surface area contributed by atoms with Crippen LogP contribution in [0.5, 0.6) is 0 Å². The van der Waals surface area contributed by atoms with Crippen LogP contribution in [0.15, 0.2) is 0 Å². The molecule has 0 spiro atoms. The quantitative estimate of drug-likeness (QED) is 0.480. The van der Waals surface area contributed by atoms with E-state index in [0.29, 0.717) is 5.37 Å². The fourth-order valence-corrected chi connectivity index (χ4v) is 1.47. The molecule has 0 aromatic heterocycles. The molecule has 2 heteroatoms. The highest BCUT2D eigenvalue weighted by Crippen LogP contribution is 2.09. The smallest absolute Gasteiger partial charge is 0.0524 e. The van der Waals surface area contributed by atoms with Gasteiger partial charge >= 0.3 is 0 Å². The average molecular weight is 175 g/mol. The van der Waals surface area contributed by atoms with Gasteiger partial charge in [-0.25, -0.2) is 0 Å². The first-order valence-electron chi connectivity index (χ1n) is 4.68.